The number of nitrogens with zero attached hydrogens (tertiary/aromatic N) is 4. The van der Waals surface area contributed by atoms with Crippen molar-refractivity contribution in [1.29, 1.82) is 0 Å². The van der Waals surface area contributed by atoms with Gasteiger partial charge in [-0.1, -0.05) is 0 Å². The normalized spacial score (nSPS) is 24.9. The van der Waals surface area contributed by atoms with Gasteiger partial charge >= 0.3 is 6.03 Å². The molecule has 0 aromatic carbocycles. The lowest BCUT2D eigenvalue weighted by atomic mass is 10.00. The maximum atomic E-state index is 12.0. The van der Waals surface area contributed by atoms with Crippen LogP contribution in [0.4, 0.5) is 10.6 Å². The number of hydrogen-bond acceptors (Lipinski definition) is 5. The van der Waals surface area contributed by atoms with Crippen molar-refractivity contribution in [3.8, 4) is 0 Å². The van der Waals surface area contributed by atoms with Crippen LogP contribution in [0.15, 0.2) is 18.3 Å². The number of nitrogens with one attached hydrogen (secondary N) is 2. The van der Waals surface area contributed by atoms with Gasteiger partial charge in [0.1, 0.15) is 11.4 Å². The number of imide groups is 1. The minimum absolute atomic E-state index is 0.252. The van der Waals surface area contributed by atoms with E-state index in [4.69, 9.17) is 0 Å². The summed E-state index contributed by atoms with van der Waals surface area (Å²) in [6.07, 6.45) is 2.27. The van der Waals surface area contributed by atoms with E-state index >= 15 is 0 Å². The van der Waals surface area contributed by atoms with Crippen molar-refractivity contribution in [2.24, 2.45) is 0 Å². The molecule has 21 heavy (non-hydrogen) atoms. The van der Waals surface area contributed by atoms with Crippen molar-refractivity contribution in [3.63, 3.8) is 0 Å². The summed E-state index contributed by atoms with van der Waals surface area (Å²) in [7, 11) is 0. The first kappa shape index (κ1) is 12.1. The first-order valence-corrected chi connectivity index (χ1v) is 6.77. The van der Waals surface area contributed by atoms with Gasteiger partial charge in [-0.05, 0) is 13.3 Å². The smallest absolute Gasteiger partial charge is 0.322 e. The predicted octanol–water partition coefficient (Wildman–Crippen LogP) is -0.174. The first-order valence-electron chi connectivity index (χ1n) is 6.77. The molecule has 4 rings (SSSR count). The number of amides is 3. The molecule has 4 heterocycles. The summed E-state index contributed by atoms with van der Waals surface area (Å²) in [6.45, 7) is 3.03. The maximum Gasteiger partial charge on any atom is 0.322 e. The van der Waals surface area contributed by atoms with Crippen LogP contribution < -0.4 is 15.5 Å². The van der Waals surface area contributed by atoms with Crippen LogP contribution >= 0.6 is 0 Å². The number of aryl methyl sites for hydroxylation is 1. The van der Waals surface area contributed by atoms with Gasteiger partial charge < -0.3 is 10.2 Å². The van der Waals surface area contributed by atoms with Gasteiger partial charge in [-0.3, -0.25) is 10.1 Å². The highest BCUT2D eigenvalue weighted by Crippen LogP contribution is 2.29. The summed E-state index contributed by atoms with van der Waals surface area (Å²) in [4.78, 5) is 29.9. The second kappa shape index (κ2) is 3.94. The lowest BCUT2D eigenvalue weighted by molar-refractivity contribution is -0.123. The lowest BCUT2D eigenvalue weighted by Crippen LogP contribution is -2.49. The van der Waals surface area contributed by atoms with Crippen LogP contribution in [0.5, 0.6) is 0 Å². The number of carbonyl (C=O) groups excluding carboxylic acids is 2. The van der Waals surface area contributed by atoms with E-state index in [9.17, 15) is 9.59 Å². The molecule has 2 aliphatic heterocycles. The second-order valence-corrected chi connectivity index (χ2v) is 5.52. The molecule has 0 aliphatic carbocycles. The van der Waals surface area contributed by atoms with Crippen LogP contribution in [-0.4, -0.2) is 45.2 Å². The molecule has 1 spiro atoms. The van der Waals surface area contributed by atoms with E-state index in [0.717, 1.165) is 17.2 Å². The molecule has 2 aromatic heterocycles. The molecule has 8 heteroatoms. The molecule has 0 radical (unpaired) electrons. The molecule has 2 aromatic rings. The third-order valence-corrected chi connectivity index (χ3v) is 4.08. The van der Waals surface area contributed by atoms with E-state index in [1.54, 1.807) is 10.7 Å². The number of hydrogen-bond donors (Lipinski definition) is 2. The SMILES string of the molecule is Cc1cc(N2CCC3(C2)NC(=O)NC3=O)n2nccc2n1. The zero-order valence-corrected chi connectivity index (χ0v) is 11.5. The van der Waals surface area contributed by atoms with Crippen LogP contribution in [0.3, 0.4) is 0 Å². The van der Waals surface area contributed by atoms with Crippen molar-refractivity contribution in [3.05, 3.63) is 24.0 Å². The van der Waals surface area contributed by atoms with E-state index in [2.05, 4.69) is 25.6 Å². The number of urea groups is 1. The maximum absolute atomic E-state index is 12.0. The Balaban J connectivity index is 1.73. The highest BCUT2D eigenvalue weighted by atomic mass is 16.2. The lowest BCUT2D eigenvalue weighted by Gasteiger charge is -2.23. The van der Waals surface area contributed by atoms with Crippen molar-refractivity contribution < 1.29 is 9.59 Å². The summed E-state index contributed by atoms with van der Waals surface area (Å²) in [5, 5.41) is 9.34. The summed E-state index contributed by atoms with van der Waals surface area (Å²) in [5.41, 5.74) is 0.831. The Morgan fingerprint density at radius 2 is 2.24 bits per heavy atom. The van der Waals surface area contributed by atoms with Gasteiger partial charge in [0.2, 0.25) is 0 Å². The van der Waals surface area contributed by atoms with Crippen molar-refractivity contribution in [2.75, 3.05) is 18.0 Å². The van der Waals surface area contributed by atoms with Crippen LogP contribution in [0.1, 0.15) is 12.1 Å². The molecule has 2 saturated heterocycles. The van der Waals surface area contributed by atoms with Crippen molar-refractivity contribution in [2.45, 2.75) is 18.9 Å². The van der Waals surface area contributed by atoms with Gasteiger partial charge in [-0.15, -0.1) is 0 Å². The van der Waals surface area contributed by atoms with Gasteiger partial charge in [0.05, 0.1) is 12.7 Å². The standard InChI is InChI=1S/C13H14N6O2/c1-8-6-10(19-9(15-8)2-4-14-19)18-5-3-13(7-18)11(20)16-12(21)17-13/h2,4,6H,3,5,7H2,1H3,(H2,16,17,20,21). The number of carbonyl (C=O) groups is 2. The number of aromatic nitrogens is 3. The van der Waals surface area contributed by atoms with Crippen molar-refractivity contribution in [1.82, 2.24) is 25.2 Å². The molecule has 108 valence electrons. The average molecular weight is 286 g/mol. The van der Waals surface area contributed by atoms with Gasteiger partial charge in [-0.2, -0.15) is 9.61 Å². The third kappa shape index (κ3) is 1.68. The van der Waals surface area contributed by atoms with Gasteiger partial charge in [0, 0.05) is 24.4 Å². The van der Waals surface area contributed by atoms with Gasteiger partial charge in [0.15, 0.2) is 5.65 Å². The number of anilines is 1. The van der Waals surface area contributed by atoms with Crippen LogP contribution in [0, 0.1) is 6.92 Å². The molecule has 2 fully saturated rings. The fourth-order valence-corrected chi connectivity index (χ4v) is 3.06. The Bertz CT molecular complexity index is 769. The Morgan fingerprint density at radius 3 is 3.00 bits per heavy atom. The van der Waals surface area contributed by atoms with E-state index in [0.29, 0.717) is 19.5 Å². The fraction of sp³-hybridized carbons (Fsp3) is 0.385. The van der Waals surface area contributed by atoms with Crippen LogP contribution in [0.2, 0.25) is 0 Å². The molecule has 1 atom stereocenters. The highest BCUT2D eigenvalue weighted by Gasteiger charge is 2.51. The number of rotatable bonds is 1. The highest BCUT2D eigenvalue weighted by molar-refractivity contribution is 6.07. The monoisotopic (exact) mass is 286 g/mol. The zero-order valence-electron chi connectivity index (χ0n) is 11.5. The van der Waals surface area contributed by atoms with E-state index in [1.807, 2.05) is 19.1 Å². The van der Waals surface area contributed by atoms with Gasteiger partial charge in [0.25, 0.3) is 5.91 Å². The molecule has 8 nitrogen and oxygen atoms in total. The molecular formula is C13H14N6O2. The van der Waals surface area contributed by atoms with Crippen LogP contribution in [-0.2, 0) is 4.79 Å². The minimum atomic E-state index is -0.826. The van der Waals surface area contributed by atoms with E-state index in [1.165, 1.54) is 0 Å². The third-order valence-electron chi connectivity index (χ3n) is 4.08. The first-order chi connectivity index (χ1) is 10.1. The molecule has 1 unspecified atom stereocenters. The molecule has 3 amide bonds. The fourth-order valence-electron chi connectivity index (χ4n) is 3.06. The zero-order chi connectivity index (χ0) is 14.6. The molecule has 0 saturated carbocycles. The Kier molecular flexibility index (Phi) is 2.27. The second-order valence-electron chi connectivity index (χ2n) is 5.52. The van der Waals surface area contributed by atoms with E-state index in [-0.39, 0.29) is 5.91 Å². The Morgan fingerprint density at radius 1 is 1.38 bits per heavy atom. The summed E-state index contributed by atoms with van der Waals surface area (Å²) < 4.78 is 1.75. The quantitative estimate of drug-likeness (QED) is 0.710. The largest absolute Gasteiger partial charge is 0.353 e. The average Bonchev–Trinajstić information content (AvgIpc) is 3.10. The van der Waals surface area contributed by atoms with Crippen LogP contribution in [0.25, 0.3) is 5.65 Å². The summed E-state index contributed by atoms with van der Waals surface area (Å²) in [6, 6.07) is 3.36. The predicted molar refractivity (Wildman–Crippen MR) is 74.0 cm³/mol. The van der Waals surface area contributed by atoms with Gasteiger partial charge in [-0.25, -0.2) is 9.78 Å². The Hall–Kier alpha value is -2.64. The Labute approximate surface area is 120 Å². The van der Waals surface area contributed by atoms with E-state index < -0.39 is 11.6 Å². The topological polar surface area (TPSA) is 91.6 Å². The molecule has 2 N–H and O–H groups in total. The molecule has 2 aliphatic rings. The summed E-state index contributed by atoms with van der Waals surface area (Å²) >= 11 is 0. The molecular weight excluding hydrogens is 272 g/mol. The number of fused-ring (bicyclic) bond motifs is 1. The summed E-state index contributed by atoms with van der Waals surface area (Å²) in [5.74, 6) is 0.630. The minimum Gasteiger partial charge on any atom is -0.353 e. The molecule has 0 bridgehead atoms. The van der Waals surface area contributed by atoms with Crippen molar-refractivity contribution >= 4 is 23.4 Å².